The van der Waals surface area contributed by atoms with E-state index < -0.39 is 23.5 Å². The maximum Gasteiger partial charge on any atom is 0.416 e. The summed E-state index contributed by atoms with van der Waals surface area (Å²) in [6, 6.07) is 5.92. The highest BCUT2D eigenvalue weighted by atomic mass is 32.2. The van der Waals surface area contributed by atoms with E-state index in [9.17, 15) is 31.1 Å². The predicted octanol–water partition coefficient (Wildman–Crippen LogP) is 6.23. The molecule has 2 aromatic carbocycles. The first-order valence-electron chi connectivity index (χ1n) is 14.7. The third-order valence-corrected chi connectivity index (χ3v) is 8.89. The normalized spacial score (nSPS) is 17.2. The number of amides is 1. The van der Waals surface area contributed by atoms with E-state index in [1.807, 2.05) is 0 Å². The molecule has 2 fully saturated rings. The van der Waals surface area contributed by atoms with Gasteiger partial charge in [0.15, 0.2) is 5.82 Å². The van der Waals surface area contributed by atoms with Gasteiger partial charge in [-0.3, -0.25) is 14.6 Å². The molecule has 2 saturated heterocycles. The Labute approximate surface area is 275 Å². The fourth-order valence-corrected chi connectivity index (χ4v) is 6.38. The molecule has 0 bridgehead atoms. The number of morpholine rings is 1. The van der Waals surface area contributed by atoms with Gasteiger partial charge in [0.05, 0.1) is 29.2 Å². The number of tetrazole rings is 1. The summed E-state index contributed by atoms with van der Waals surface area (Å²) >= 11 is 6.50. The summed E-state index contributed by atoms with van der Waals surface area (Å²) in [5, 5.41) is 13.7. The number of H-pyrrole nitrogens is 1. The summed E-state index contributed by atoms with van der Waals surface area (Å²) in [6.45, 7) is 3.48. The van der Waals surface area contributed by atoms with Gasteiger partial charge in [0.2, 0.25) is 0 Å². The van der Waals surface area contributed by atoms with Crippen LogP contribution in [-0.4, -0.2) is 86.7 Å². The average Bonchev–Trinajstić information content (AvgIpc) is 3.64. The van der Waals surface area contributed by atoms with Crippen molar-refractivity contribution in [3.63, 3.8) is 0 Å². The molecule has 0 atom stereocenters. The first-order valence-corrected chi connectivity index (χ1v) is 16.0. The second-order valence-electron chi connectivity index (χ2n) is 10.8. The van der Waals surface area contributed by atoms with Crippen LogP contribution in [0.15, 0.2) is 41.3 Å². The monoisotopic (exact) mass is 700 g/mol. The fraction of sp³-hybridized carbons (Fsp3) is 0.433. The number of nitrogens with zero attached hydrogens (tertiary/aromatic N) is 5. The van der Waals surface area contributed by atoms with Crippen molar-refractivity contribution in [1.82, 2.24) is 30.4 Å². The third kappa shape index (κ3) is 9.30. The Balaban J connectivity index is 1.38. The van der Waals surface area contributed by atoms with Crippen molar-refractivity contribution < 1.29 is 40.6 Å². The second-order valence-corrected chi connectivity index (χ2v) is 12.5. The molecule has 2 aliphatic heterocycles. The third-order valence-electron chi connectivity index (χ3n) is 7.51. The van der Waals surface area contributed by atoms with Crippen LogP contribution in [0, 0.1) is 0 Å². The van der Waals surface area contributed by atoms with Crippen LogP contribution in [0.25, 0.3) is 17.2 Å². The molecule has 0 aliphatic carbocycles. The topological polar surface area (TPSA) is 96.5 Å². The summed E-state index contributed by atoms with van der Waals surface area (Å²) in [7, 11) is 0. The predicted molar refractivity (Wildman–Crippen MR) is 166 cm³/mol. The molecule has 0 radical (unpaired) electrons. The van der Waals surface area contributed by atoms with Gasteiger partial charge in [0, 0.05) is 38.2 Å². The van der Waals surface area contributed by atoms with Crippen LogP contribution in [0.2, 0.25) is 0 Å². The van der Waals surface area contributed by atoms with Crippen LogP contribution in [0.5, 0.6) is 5.75 Å². The molecule has 1 aromatic heterocycles. The number of thiocarbonyl (C=S) groups is 1. The number of hydrogen-bond acceptors (Lipinski definition) is 9. The van der Waals surface area contributed by atoms with E-state index in [0.717, 1.165) is 24.6 Å². The number of nitrogens with one attached hydrogen (secondary N) is 1. The molecular formula is C30H30F6N6O3S2. The summed E-state index contributed by atoms with van der Waals surface area (Å²) < 4.78 is 94.0. The first kappa shape index (κ1) is 34.8. The molecule has 1 amide bonds. The molecular weight excluding hydrogens is 670 g/mol. The van der Waals surface area contributed by atoms with E-state index in [2.05, 4.69) is 25.5 Å². The van der Waals surface area contributed by atoms with Crippen LogP contribution in [-0.2, 0) is 28.3 Å². The number of ether oxygens (including phenoxy) is 2. The highest BCUT2D eigenvalue weighted by Gasteiger charge is 2.37. The zero-order chi connectivity index (χ0) is 33.6. The lowest BCUT2D eigenvalue weighted by Crippen LogP contribution is -2.38. The van der Waals surface area contributed by atoms with Crippen LogP contribution >= 0.6 is 24.0 Å². The van der Waals surface area contributed by atoms with Gasteiger partial charge in [0.1, 0.15) is 16.7 Å². The zero-order valence-electron chi connectivity index (χ0n) is 24.9. The number of aromatic amines is 1. The number of thioether (sulfide) groups is 1. The van der Waals surface area contributed by atoms with Gasteiger partial charge in [-0.15, -0.1) is 10.2 Å². The second kappa shape index (κ2) is 15.1. The molecule has 9 nitrogen and oxygen atoms in total. The maximum atomic E-state index is 13.7. The van der Waals surface area contributed by atoms with Crippen LogP contribution in [0.3, 0.4) is 0 Å². The van der Waals surface area contributed by atoms with Gasteiger partial charge in [-0.05, 0) is 60.4 Å². The van der Waals surface area contributed by atoms with Gasteiger partial charge < -0.3 is 9.47 Å². The van der Waals surface area contributed by atoms with Gasteiger partial charge >= 0.3 is 12.4 Å². The molecule has 47 heavy (non-hydrogen) atoms. The van der Waals surface area contributed by atoms with Gasteiger partial charge in [0.25, 0.3) is 5.91 Å². The lowest BCUT2D eigenvalue weighted by atomic mass is 9.96. The molecule has 2 aliphatic rings. The van der Waals surface area contributed by atoms with Gasteiger partial charge in [-0.2, -0.15) is 31.6 Å². The molecule has 252 valence electrons. The Kier molecular flexibility index (Phi) is 11.2. The van der Waals surface area contributed by atoms with E-state index in [0.29, 0.717) is 80.1 Å². The molecule has 5 rings (SSSR count). The summed E-state index contributed by atoms with van der Waals surface area (Å²) in [4.78, 5) is 17.1. The van der Waals surface area contributed by atoms with E-state index >= 15 is 0 Å². The standard InChI is InChI=1S/C30H30F6N6O3S2/c31-29(32,33)21-16-20(17-22(18-21)30(34,35)36)23-14-19(5-6-24(23)45-13-10-41-8-11-44-12-9-41)15-25-27(43)42(28(46)47-25)7-3-1-2-4-26-37-39-40-38-26/h5-6,14-18H,1-4,7-13H2,(H,37,38,39,40)/b25-15-. The Morgan fingerprint density at radius 1 is 0.979 bits per heavy atom. The molecule has 0 unspecified atom stereocenters. The van der Waals surface area contributed by atoms with Crippen molar-refractivity contribution in [3.05, 3.63) is 63.8 Å². The van der Waals surface area contributed by atoms with Crippen LogP contribution in [0.1, 0.15) is 41.8 Å². The van der Waals surface area contributed by atoms with Crippen molar-refractivity contribution >= 4 is 40.3 Å². The fourth-order valence-electron chi connectivity index (χ4n) is 5.07. The minimum absolute atomic E-state index is 0.0226. The minimum Gasteiger partial charge on any atom is -0.492 e. The highest BCUT2D eigenvalue weighted by molar-refractivity contribution is 8.26. The van der Waals surface area contributed by atoms with Crippen molar-refractivity contribution in [3.8, 4) is 16.9 Å². The van der Waals surface area contributed by atoms with Crippen LogP contribution < -0.4 is 4.74 Å². The lowest BCUT2D eigenvalue weighted by molar-refractivity contribution is -0.143. The Morgan fingerprint density at radius 3 is 2.36 bits per heavy atom. The van der Waals surface area contributed by atoms with E-state index in [-0.39, 0.29) is 40.4 Å². The molecule has 3 heterocycles. The number of hydrogen-bond donors (Lipinski definition) is 1. The number of benzene rings is 2. The van der Waals surface area contributed by atoms with Gasteiger partial charge in [-0.1, -0.05) is 41.7 Å². The number of carbonyl (C=O) groups is 1. The number of carbonyl (C=O) groups excluding carboxylic acids is 1. The molecule has 3 aromatic rings. The quantitative estimate of drug-likeness (QED) is 0.102. The average molecular weight is 701 g/mol. The zero-order valence-corrected chi connectivity index (χ0v) is 26.5. The smallest absolute Gasteiger partial charge is 0.416 e. The van der Waals surface area contributed by atoms with Crippen molar-refractivity contribution in [2.45, 2.75) is 38.0 Å². The number of halogens is 6. The minimum atomic E-state index is -5.02. The molecule has 1 N–H and O–H groups in total. The van der Waals surface area contributed by atoms with Crippen molar-refractivity contribution in [2.75, 3.05) is 46.0 Å². The number of aryl methyl sites for hydroxylation is 1. The number of rotatable bonds is 12. The lowest BCUT2D eigenvalue weighted by Gasteiger charge is -2.26. The molecule has 0 saturated carbocycles. The highest BCUT2D eigenvalue weighted by Crippen LogP contribution is 2.41. The number of alkyl halides is 6. The number of aromatic nitrogens is 4. The molecule has 17 heteroatoms. The SMILES string of the molecule is O=C1/C(=C/c2ccc(OCCN3CCOCC3)c(-c3cc(C(F)(F)F)cc(C(F)(F)F)c3)c2)SC(=S)N1CCCCCc1nn[nH]n1. The van der Waals surface area contributed by atoms with E-state index in [4.69, 9.17) is 21.7 Å². The molecule has 0 spiro atoms. The summed E-state index contributed by atoms with van der Waals surface area (Å²) in [5.74, 6) is 0.381. The Hall–Kier alpha value is -3.54. The Bertz CT molecular complexity index is 1560. The summed E-state index contributed by atoms with van der Waals surface area (Å²) in [6.07, 6.45) is -5.63. The van der Waals surface area contributed by atoms with E-state index in [1.54, 1.807) is 6.07 Å². The Morgan fingerprint density at radius 2 is 1.70 bits per heavy atom. The maximum absolute atomic E-state index is 13.7. The van der Waals surface area contributed by atoms with E-state index in [1.165, 1.54) is 23.1 Å². The van der Waals surface area contributed by atoms with Crippen molar-refractivity contribution in [2.24, 2.45) is 0 Å². The van der Waals surface area contributed by atoms with Gasteiger partial charge in [-0.25, -0.2) is 0 Å². The summed E-state index contributed by atoms with van der Waals surface area (Å²) in [5.41, 5.74) is -2.80. The largest absolute Gasteiger partial charge is 0.492 e. The van der Waals surface area contributed by atoms with Crippen LogP contribution in [0.4, 0.5) is 26.3 Å². The van der Waals surface area contributed by atoms with Crippen molar-refractivity contribution in [1.29, 1.82) is 0 Å². The first-order chi connectivity index (χ1) is 22.4. The number of unbranched alkanes of at least 4 members (excludes halogenated alkanes) is 2.